The van der Waals surface area contributed by atoms with E-state index in [1.165, 1.54) is 29.2 Å². The molecule has 0 amide bonds. The zero-order chi connectivity index (χ0) is 21.3. The van der Waals surface area contributed by atoms with Crippen molar-refractivity contribution in [1.82, 2.24) is 10.2 Å². The van der Waals surface area contributed by atoms with Gasteiger partial charge >= 0.3 is 0 Å². The van der Waals surface area contributed by atoms with Crippen molar-refractivity contribution < 1.29 is 9.18 Å². The van der Waals surface area contributed by atoms with E-state index in [0.29, 0.717) is 45.8 Å². The number of thioether (sulfide) groups is 1. The Bertz CT molecular complexity index is 1170. The minimum absolute atomic E-state index is 0.110. The van der Waals surface area contributed by atoms with E-state index in [2.05, 4.69) is 22.2 Å². The fourth-order valence-corrected chi connectivity index (χ4v) is 5.34. The van der Waals surface area contributed by atoms with E-state index in [0.717, 1.165) is 0 Å². The molecule has 6 nitrogen and oxygen atoms in total. The van der Waals surface area contributed by atoms with Gasteiger partial charge in [0.15, 0.2) is 10.1 Å². The molecule has 0 saturated carbocycles. The second-order valence-corrected chi connectivity index (χ2v) is 8.86. The van der Waals surface area contributed by atoms with Crippen LogP contribution in [0.5, 0.6) is 0 Å². The van der Waals surface area contributed by atoms with E-state index in [4.69, 9.17) is 12.2 Å². The summed E-state index contributed by atoms with van der Waals surface area (Å²) in [5, 5.41) is 18.7. The van der Waals surface area contributed by atoms with Crippen molar-refractivity contribution in [3.8, 4) is 18.4 Å². The number of rotatable bonds is 4. The van der Waals surface area contributed by atoms with Crippen molar-refractivity contribution in [3.63, 3.8) is 0 Å². The van der Waals surface area contributed by atoms with Gasteiger partial charge in [-0.15, -0.1) is 16.6 Å². The molecule has 0 saturated heterocycles. The lowest BCUT2D eigenvalue weighted by Crippen LogP contribution is -2.38. The van der Waals surface area contributed by atoms with E-state index in [1.807, 2.05) is 0 Å². The Morgan fingerprint density at radius 3 is 2.90 bits per heavy atom. The summed E-state index contributed by atoms with van der Waals surface area (Å²) in [5.74, 6) is 1.70. The van der Waals surface area contributed by atoms with Crippen LogP contribution in [0.1, 0.15) is 30.7 Å². The van der Waals surface area contributed by atoms with Gasteiger partial charge in [0.1, 0.15) is 11.6 Å². The third-order valence-corrected chi connectivity index (χ3v) is 6.94. The molecule has 0 spiro atoms. The Hall–Kier alpha value is -3.14. The number of nitriles is 1. The monoisotopic (exact) mass is 437 g/mol. The van der Waals surface area contributed by atoms with Crippen LogP contribution in [0.4, 0.5) is 9.52 Å². The molecule has 9 heteroatoms. The van der Waals surface area contributed by atoms with Gasteiger partial charge in [-0.25, -0.2) is 4.39 Å². The SMILES string of the molecule is C#CCSc1nnc(N2C(N)=C(C#N)C(c3ccccc3F)C3=C2CCCC3=O)s1. The lowest BCUT2D eigenvalue weighted by atomic mass is 9.75. The Balaban J connectivity index is 1.90. The van der Waals surface area contributed by atoms with E-state index in [-0.39, 0.29) is 22.7 Å². The molecule has 0 fully saturated rings. The predicted molar refractivity (Wildman–Crippen MR) is 114 cm³/mol. The van der Waals surface area contributed by atoms with E-state index < -0.39 is 11.7 Å². The molecule has 2 heterocycles. The molecule has 2 aliphatic rings. The molecule has 1 aliphatic heterocycles. The molecule has 150 valence electrons. The lowest BCUT2D eigenvalue weighted by Gasteiger charge is -2.38. The summed E-state index contributed by atoms with van der Waals surface area (Å²) in [5.41, 5.74) is 7.87. The van der Waals surface area contributed by atoms with Crippen LogP contribution in [0.25, 0.3) is 0 Å². The normalized spacial score (nSPS) is 18.8. The molecule has 1 unspecified atom stereocenters. The van der Waals surface area contributed by atoms with Crippen LogP contribution in [-0.2, 0) is 4.79 Å². The highest BCUT2D eigenvalue weighted by Gasteiger charge is 2.42. The predicted octanol–water partition coefficient (Wildman–Crippen LogP) is 3.71. The van der Waals surface area contributed by atoms with E-state index in [1.54, 1.807) is 23.1 Å². The number of hydrogen-bond donors (Lipinski definition) is 1. The van der Waals surface area contributed by atoms with Gasteiger partial charge in [0.25, 0.3) is 0 Å². The fraction of sp³-hybridized carbons (Fsp3) is 0.238. The van der Waals surface area contributed by atoms with Gasteiger partial charge in [-0.3, -0.25) is 9.69 Å². The van der Waals surface area contributed by atoms with Gasteiger partial charge < -0.3 is 5.73 Å². The number of ketones is 1. The number of hydrogen-bond acceptors (Lipinski definition) is 8. The number of carbonyl (C=O) groups excluding carboxylic acids is 1. The van der Waals surface area contributed by atoms with Crippen LogP contribution in [0.2, 0.25) is 0 Å². The highest BCUT2D eigenvalue weighted by atomic mass is 32.2. The van der Waals surface area contributed by atoms with Crippen LogP contribution < -0.4 is 10.6 Å². The molecule has 0 bridgehead atoms. The van der Waals surface area contributed by atoms with Gasteiger partial charge in [0, 0.05) is 23.3 Å². The summed E-state index contributed by atoms with van der Waals surface area (Å²) in [6, 6.07) is 8.27. The minimum Gasteiger partial charge on any atom is -0.384 e. The molecule has 1 atom stereocenters. The van der Waals surface area contributed by atoms with Crippen molar-refractivity contribution in [3.05, 3.63) is 58.3 Å². The summed E-state index contributed by atoms with van der Waals surface area (Å²) in [6.45, 7) is 0. The summed E-state index contributed by atoms with van der Waals surface area (Å²) >= 11 is 2.65. The van der Waals surface area contributed by atoms with Crippen LogP contribution in [0.15, 0.2) is 51.3 Å². The average Bonchev–Trinajstić information content (AvgIpc) is 3.20. The Morgan fingerprint density at radius 1 is 1.37 bits per heavy atom. The first-order chi connectivity index (χ1) is 14.6. The van der Waals surface area contributed by atoms with Gasteiger partial charge in [-0.2, -0.15) is 5.26 Å². The zero-order valence-electron chi connectivity index (χ0n) is 15.8. The second-order valence-electron chi connectivity index (χ2n) is 6.68. The number of allylic oxidation sites excluding steroid dienone is 3. The molecule has 2 aromatic rings. The quantitative estimate of drug-likeness (QED) is 0.575. The van der Waals surface area contributed by atoms with Crippen LogP contribution in [-0.4, -0.2) is 21.7 Å². The maximum atomic E-state index is 14.7. The third-order valence-electron chi connectivity index (χ3n) is 5.00. The van der Waals surface area contributed by atoms with Crippen molar-refractivity contribution in [2.75, 3.05) is 10.7 Å². The molecule has 1 aliphatic carbocycles. The maximum absolute atomic E-state index is 14.7. The van der Waals surface area contributed by atoms with Crippen LogP contribution in [0, 0.1) is 29.5 Å². The number of nitrogens with two attached hydrogens (primary N) is 1. The number of Topliss-reactive ketones (excluding diaryl/α,β-unsaturated/α-hetero) is 1. The van der Waals surface area contributed by atoms with Gasteiger partial charge in [-0.1, -0.05) is 47.2 Å². The standard InChI is InChI=1S/C21H16FN5OS2/c1-2-10-29-21-26-25-20(30-21)27-15-8-5-9-16(28)18(15)17(13(11-23)19(27)24)12-6-3-4-7-14(12)22/h1,3-4,6-7,17H,5,8-10,24H2. The number of anilines is 1. The Labute approximate surface area is 181 Å². The molecule has 1 aromatic heterocycles. The number of halogens is 1. The van der Waals surface area contributed by atoms with Crippen molar-refractivity contribution >= 4 is 34.0 Å². The third kappa shape index (κ3) is 3.36. The second kappa shape index (κ2) is 8.31. The lowest BCUT2D eigenvalue weighted by molar-refractivity contribution is -0.116. The molecular weight excluding hydrogens is 421 g/mol. The largest absolute Gasteiger partial charge is 0.384 e. The van der Waals surface area contributed by atoms with Gasteiger partial charge in [0.2, 0.25) is 5.13 Å². The molecule has 4 rings (SSSR count). The summed E-state index contributed by atoms with van der Waals surface area (Å²) in [7, 11) is 0. The number of carbonyl (C=O) groups is 1. The van der Waals surface area contributed by atoms with Crippen molar-refractivity contribution in [1.29, 1.82) is 5.26 Å². The molecule has 1 aromatic carbocycles. The van der Waals surface area contributed by atoms with E-state index >= 15 is 0 Å². The van der Waals surface area contributed by atoms with Gasteiger partial charge in [0.05, 0.1) is 23.3 Å². The Morgan fingerprint density at radius 2 is 2.17 bits per heavy atom. The van der Waals surface area contributed by atoms with Crippen LogP contribution in [0.3, 0.4) is 0 Å². The van der Waals surface area contributed by atoms with E-state index in [9.17, 15) is 14.4 Å². The first-order valence-corrected chi connectivity index (χ1v) is 11.0. The van der Waals surface area contributed by atoms with Crippen LogP contribution >= 0.6 is 23.1 Å². The van der Waals surface area contributed by atoms with Crippen molar-refractivity contribution in [2.24, 2.45) is 5.73 Å². The summed E-state index contributed by atoms with van der Waals surface area (Å²) in [4.78, 5) is 14.6. The fourth-order valence-electron chi connectivity index (χ4n) is 3.78. The van der Waals surface area contributed by atoms with Crippen molar-refractivity contribution in [2.45, 2.75) is 29.5 Å². The molecule has 2 N–H and O–H groups in total. The average molecular weight is 438 g/mol. The highest BCUT2D eigenvalue weighted by Crippen LogP contribution is 2.47. The zero-order valence-corrected chi connectivity index (χ0v) is 17.4. The topological polar surface area (TPSA) is 95.9 Å². The molecule has 0 radical (unpaired) electrons. The Kier molecular flexibility index (Phi) is 5.58. The summed E-state index contributed by atoms with van der Waals surface area (Å²) < 4.78 is 15.3. The summed E-state index contributed by atoms with van der Waals surface area (Å²) in [6.07, 6.45) is 6.86. The number of terminal acetylenes is 1. The number of aromatic nitrogens is 2. The first-order valence-electron chi connectivity index (χ1n) is 9.17. The number of nitrogens with zero attached hydrogens (tertiary/aromatic N) is 4. The molecule has 30 heavy (non-hydrogen) atoms. The smallest absolute Gasteiger partial charge is 0.219 e. The maximum Gasteiger partial charge on any atom is 0.219 e. The highest BCUT2D eigenvalue weighted by molar-refractivity contribution is 8.01. The first kappa shape index (κ1) is 20.1. The number of benzene rings is 1. The minimum atomic E-state index is -0.835. The van der Waals surface area contributed by atoms with Gasteiger partial charge in [-0.05, 0) is 18.9 Å². The molecular formula is C21H16FN5OS2.